The van der Waals surface area contributed by atoms with Crippen molar-refractivity contribution in [2.75, 3.05) is 19.0 Å². The minimum absolute atomic E-state index is 0.0541. The molecular formula is C9H12F3N3O2. The van der Waals surface area contributed by atoms with E-state index in [1.807, 2.05) is 0 Å². The third-order valence-corrected chi connectivity index (χ3v) is 1.92. The van der Waals surface area contributed by atoms with E-state index in [1.165, 1.54) is 19.5 Å². The van der Waals surface area contributed by atoms with E-state index in [0.29, 0.717) is 5.69 Å². The van der Waals surface area contributed by atoms with Gasteiger partial charge in [-0.05, 0) is 0 Å². The zero-order valence-corrected chi connectivity index (χ0v) is 9.12. The molecule has 0 unspecified atom stereocenters. The third kappa shape index (κ3) is 5.23. The number of carbonyl (C=O) groups excluding carboxylic acids is 1. The molecule has 1 aromatic rings. The van der Waals surface area contributed by atoms with Gasteiger partial charge in [0, 0.05) is 12.7 Å². The van der Waals surface area contributed by atoms with Crippen LogP contribution in [-0.4, -0.2) is 35.6 Å². The SMILES string of the molecule is COC(=O)CNc1cnn(CCC(F)(F)F)c1. The second-order valence-electron chi connectivity index (χ2n) is 3.29. The number of nitrogens with one attached hydrogen (secondary N) is 1. The Kier molecular flexibility index (Phi) is 4.36. The second kappa shape index (κ2) is 5.55. The fraction of sp³-hybridized carbons (Fsp3) is 0.556. The monoisotopic (exact) mass is 251 g/mol. The Balaban J connectivity index is 2.40. The Morgan fingerprint density at radius 2 is 2.29 bits per heavy atom. The van der Waals surface area contributed by atoms with Crippen LogP contribution in [0.15, 0.2) is 12.4 Å². The van der Waals surface area contributed by atoms with Crippen LogP contribution in [0, 0.1) is 0 Å². The summed E-state index contributed by atoms with van der Waals surface area (Å²) in [6.07, 6.45) is -2.40. The van der Waals surface area contributed by atoms with Gasteiger partial charge in [0.15, 0.2) is 0 Å². The largest absolute Gasteiger partial charge is 0.468 e. The summed E-state index contributed by atoms with van der Waals surface area (Å²) in [6, 6.07) is 0. The Labute approximate surface area is 95.5 Å². The van der Waals surface area contributed by atoms with Crippen LogP contribution >= 0.6 is 0 Å². The van der Waals surface area contributed by atoms with E-state index in [-0.39, 0.29) is 13.1 Å². The van der Waals surface area contributed by atoms with Crippen molar-refractivity contribution >= 4 is 11.7 Å². The lowest BCUT2D eigenvalue weighted by Crippen LogP contribution is -2.14. The quantitative estimate of drug-likeness (QED) is 0.804. The number of hydrogen-bond acceptors (Lipinski definition) is 4. The van der Waals surface area contributed by atoms with Crippen LogP contribution in [-0.2, 0) is 16.1 Å². The summed E-state index contributed by atoms with van der Waals surface area (Å²) in [7, 11) is 1.25. The maximum atomic E-state index is 11.9. The summed E-state index contributed by atoms with van der Waals surface area (Å²) in [6.45, 7) is -0.301. The molecule has 1 aromatic heterocycles. The third-order valence-electron chi connectivity index (χ3n) is 1.92. The number of aromatic nitrogens is 2. The van der Waals surface area contributed by atoms with Crippen LogP contribution in [0.25, 0.3) is 0 Å². The number of halogens is 3. The minimum Gasteiger partial charge on any atom is -0.468 e. The predicted molar refractivity (Wildman–Crippen MR) is 53.4 cm³/mol. The summed E-state index contributed by atoms with van der Waals surface area (Å²) in [4.78, 5) is 10.8. The molecule has 1 heterocycles. The van der Waals surface area contributed by atoms with Gasteiger partial charge < -0.3 is 10.1 Å². The molecule has 5 nitrogen and oxygen atoms in total. The number of alkyl halides is 3. The van der Waals surface area contributed by atoms with E-state index >= 15 is 0 Å². The van der Waals surface area contributed by atoms with Gasteiger partial charge in [-0.3, -0.25) is 9.48 Å². The molecule has 0 aliphatic rings. The van der Waals surface area contributed by atoms with Gasteiger partial charge in [0.05, 0.1) is 25.4 Å². The molecule has 1 N–H and O–H groups in total. The van der Waals surface area contributed by atoms with Gasteiger partial charge in [0.2, 0.25) is 0 Å². The Morgan fingerprint density at radius 1 is 1.59 bits per heavy atom. The predicted octanol–water partition coefficient (Wildman–Crippen LogP) is 1.42. The number of ether oxygens (including phenoxy) is 1. The van der Waals surface area contributed by atoms with Gasteiger partial charge in [0.25, 0.3) is 0 Å². The highest BCUT2D eigenvalue weighted by Crippen LogP contribution is 2.20. The second-order valence-corrected chi connectivity index (χ2v) is 3.29. The highest BCUT2D eigenvalue weighted by molar-refractivity contribution is 5.74. The Hall–Kier alpha value is -1.73. The van der Waals surface area contributed by atoms with Crippen molar-refractivity contribution in [1.29, 1.82) is 0 Å². The maximum absolute atomic E-state index is 11.9. The Morgan fingerprint density at radius 3 is 2.88 bits per heavy atom. The summed E-state index contributed by atoms with van der Waals surface area (Å²) in [5.74, 6) is -0.465. The molecule has 0 saturated heterocycles. The number of methoxy groups -OCH3 is 1. The van der Waals surface area contributed by atoms with Crippen molar-refractivity contribution in [3.05, 3.63) is 12.4 Å². The first-order chi connectivity index (χ1) is 7.90. The standard InChI is InChI=1S/C9H12F3N3O2/c1-17-8(16)5-13-7-4-14-15(6-7)3-2-9(10,11)12/h4,6,13H,2-3,5H2,1H3. The first-order valence-electron chi connectivity index (χ1n) is 4.80. The lowest BCUT2D eigenvalue weighted by molar-refractivity contribution is -0.138. The van der Waals surface area contributed by atoms with E-state index in [4.69, 9.17) is 0 Å². The average Bonchev–Trinajstić information content (AvgIpc) is 2.70. The number of hydrogen-bond donors (Lipinski definition) is 1. The maximum Gasteiger partial charge on any atom is 0.390 e. The van der Waals surface area contributed by atoms with E-state index in [2.05, 4.69) is 15.2 Å². The van der Waals surface area contributed by atoms with Gasteiger partial charge in [-0.1, -0.05) is 0 Å². The van der Waals surface area contributed by atoms with Crippen molar-refractivity contribution in [3.8, 4) is 0 Å². The molecular weight excluding hydrogens is 239 g/mol. The number of esters is 1. The molecule has 0 aliphatic carbocycles. The van der Waals surface area contributed by atoms with E-state index in [1.54, 1.807) is 0 Å². The van der Waals surface area contributed by atoms with Gasteiger partial charge >= 0.3 is 12.1 Å². The first kappa shape index (κ1) is 13.3. The van der Waals surface area contributed by atoms with Crippen LogP contribution in [0.4, 0.5) is 18.9 Å². The van der Waals surface area contributed by atoms with Crippen LogP contribution in [0.1, 0.15) is 6.42 Å². The molecule has 0 radical (unpaired) electrons. The molecule has 0 aromatic carbocycles. The molecule has 96 valence electrons. The van der Waals surface area contributed by atoms with Gasteiger partial charge in [0.1, 0.15) is 6.54 Å². The average molecular weight is 251 g/mol. The molecule has 0 amide bonds. The number of carbonyl (C=O) groups is 1. The lowest BCUT2D eigenvalue weighted by atomic mass is 10.4. The van der Waals surface area contributed by atoms with Crippen LogP contribution < -0.4 is 5.32 Å². The van der Waals surface area contributed by atoms with Crippen LogP contribution in [0.3, 0.4) is 0 Å². The highest BCUT2D eigenvalue weighted by atomic mass is 19.4. The van der Waals surface area contributed by atoms with Crippen LogP contribution in [0.2, 0.25) is 0 Å². The lowest BCUT2D eigenvalue weighted by Gasteiger charge is -2.05. The molecule has 8 heteroatoms. The number of nitrogens with zero attached hydrogens (tertiary/aromatic N) is 2. The molecule has 0 saturated carbocycles. The van der Waals surface area contributed by atoms with Crippen molar-refractivity contribution in [2.24, 2.45) is 0 Å². The molecule has 0 aliphatic heterocycles. The fourth-order valence-electron chi connectivity index (χ4n) is 1.06. The topological polar surface area (TPSA) is 56.1 Å². The van der Waals surface area contributed by atoms with Crippen molar-refractivity contribution in [3.63, 3.8) is 0 Å². The smallest absolute Gasteiger partial charge is 0.390 e. The van der Waals surface area contributed by atoms with Gasteiger partial charge in [-0.15, -0.1) is 0 Å². The molecule has 17 heavy (non-hydrogen) atoms. The number of anilines is 1. The van der Waals surface area contributed by atoms with Gasteiger partial charge in [-0.25, -0.2) is 0 Å². The molecule has 1 rings (SSSR count). The Bertz CT molecular complexity index is 376. The van der Waals surface area contributed by atoms with E-state index in [9.17, 15) is 18.0 Å². The van der Waals surface area contributed by atoms with Crippen LogP contribution in [0.5, 0.6) is 0 Å². The molecule has 0 bridgehead atoms. The zero-order chi connectivity index (χ0) is 12.9. The molecule has 0 fully saturated rings. The number of aryl methyl sites for hydroxylation is 1. The normalized spacial score (nSPS) is 11.3. The number of rotatable bonds is 5. The zero-order valence-electron chi connectivity index (χ0n) is 9.12. The van der Waals surface area contributed by atoms with E-state index in [0.717, 1.165) is 4.68 Å². The fourth-order valence-corrected chi connectivity index (χ4v) is 1.06. The summed E-state index contributed by atoms with van der Waals surface area (Å²) in [5, 5.41) is 6.40. The first-order valence-corrected chi connectivity index (χ1v) is 4.80. The highest BCUT2D eigenvalue weighted by Gasteiger charge is 2.26. The van der Waals surface area contributed by atoms with Gasteiger partial charge in [-0.2, -0.15) is 18.3 Å². The van der Waals surface area contributed by atoms with Crippen molar-refractivity contribution in [1.82, 2.24) is 9.78 Å². The van der Waals surface area contributed by atoms with Crippen molar-refractivity contribution in [2.45, 2.75) is 19.1 Å². The summed E-state index contributed by atoms with van der Waals surface area (Å²) >= 11 is 0. The summed E-state index contributed by atoms with van der Waals surface area (Å²) in [5.41, 5.74) is 0.470. The van der Waals surface area contributed by atoms with E-state index < -0.39 is 18.6 Å². The summed E-state index contributed by atoms with van der Waals surface area (Å²) < 4.78 is 41.3. The molecule has 0 spiro atoms. The molecule has 0 atom stereocenters. The minimum atomic E-state index is -4.20. The van der Waals surface area contributed by atoms with Crippen molar-refractivity contribution < 1.29 is 22.7 Å².